The zero-order chi connectivity index (χ0) is 18.6. The van der Waals surface area contributed by atoms with E-state index in [4.69, 9.17) is 0 Å². The van der Waals surface area contributed by atoms with Gasteiger partial charge in [-0.2, -0.15) is 0 Å². The fourth-order valence-electron chi connectivity index (χ4n) is 1.89. The van der Waals surface area contributed by atoms with E-state index in [1.54, 1.807) is 0 Å². The van der Waals surface area contributed by atoms with Crippen LogP contribution in [0.5, 0.6) is 0 Å². The molecule has 0 saturated heterocycles. The second kappa shape index (κ2) is 7.49. The summed E-state index contributed by atoms with van der Waals surface area (Å²) in [5, 5.41) is 13.3. The standard InChI is InChI=1S/C14H12F3N3O4S/c15-11-5-6-12(14(17)13(11)16)25(23,24)19-8-7-18-9-1-3-10(4-2-9)20(21)22/h1-6,18-19H,7-8H2. The van der Waals surface area contributed by atoms with E-state index in [1.165, 1.54) is 24.3 Å². The number of nitro groups is 1. The largest absolute Gasteiger partial charge is 0.384 e. The van der Waals surface area contributed by atoms with Crippen molar-refractivity contribution in [2.24, 2.45) is 0 Å². The van der Waals surface area contributed by atoms with E-state index in [0.717, 1.165) is 0 Å². The van der Waals surface area contributed by atoms with E-state index < -0.39 is 37.3 Å². The fourth-order valence-corrected chi connectivity index (χ4v) is 2.99. The van der Waals surface area contributed by atoms with Gasteiger partial charge in [-0.05, 0) is 24.3 Å². The van der Waals surface area contributed by atoms with Crippen LogP contribution in [-0.4, -0.2) is 26.4 Å². The van der Waals surface area contributed by atoms with Gasteiger partial charge in [0.2, 0.25) is 10.0 Å². The molecule has 0 fully saturated rings. The summed E-state index contributed by atoms with van der Waals surface area (Å²) >= 11 is 0. The average Bonchev–Trinajstić information content (AvgIpc) is 2.57. The second-order valence-corrected chi connectivity index (χ2v) is 6.54. The van der Waals surface area contributed by atoms with Crippen LogP contribution in [0.2, 0.25) is 0 Å². The molecule has 0 atom stereocenters. The molecule has 2 N–H and O–H groups in total. The first-order chi connectivity index (χ1) is 11.7. The molecule has 0 amide bonds. The first kappa shape index (κ1) is 18.7. The van der Waals surface area contributed by atoms with E-state index in [2.05, 4.69) is 5.32 Å². The Morgan fingerprint density at radius 3 is 2.20 bits per heavy atom. The number of nitrogens with one attached hydrogen (secondary N) is 2. The van der Waals surface area contributed by atoms with Gasteiger partial charge in [-0.1, -0.05) is 0 Å². The van der Waals surface area contributed by atoms with Crippen molar-refractivity contribution in [3.05, 3.63) is 64.0 Å². The normalized spacial score (nSPS) is 11.3. The molecule has 0 spiro atoms. The number of benzene rings is 2. The molecule has 134 valence electrons. The van der Waals surface area contributed by atoms with Crippen molar-refractivity contribution in [2.45, 2.75) is 4.90 Å². The maximum Gasteiger partial charge on any atom is 0.269 e. The van der Waals surface area contributed by atoms with Crippen molar-refractivity contribution in [2.75, 3.05) is 18.4 Å². The predicted octanol–water partition coefficient (Wildman–Crippen LogP) is 2.40. The molecule has 0 aliphatic heterocycles. The molecule has 0 unspecified atom stereocenters. The molecule has 0 bridgehead atoms. The van der Waals surface area contributed by atoms with Gasteiger partial charge in [-0.3, -0.25) is 10.1 Å². The minimum absolute atomic E-state index is 0.0718. The topological polar surface area (TPSA) is 101 Å². The first-order valence-corrected chi connectivity index (χ1v) is 8.32. The van der Waals surface area contributed by atoms with Gasteiger partial charge in [0.1, 0.15) is 4.90 Å². The van der Waals surface area contributed by atoms with E-state index in [-0.39, 0.29) is 18.8 Å². The molecule has 2 aromatic carbocycles. The first-order valence-electron chi connectivity index (χ1n) is 6.84. The Labute approximate surface area is 140 Å². The van der Waals surface area contributed by atoms with Crippen LogP contribution in [0.3, 0.4) is 0 Å². The number of sulfonamides is 1. The van der Waals surface area contributed by atoms with Gasteiger partial charge in [-0.15, -0.1) is 0 Å². The highest BCUT2D eigenvalue weighted by Gasteiger charge is 2.23. The summed E-state index contributed by atoms with van der Waals surface area (Å²) in [7, 11) is -4.36. The van der Waals surface area contributed by atoms with E-state index in [1.807, 2.05) is 4.72 Å². The Bertz CT molecular complexity index is 889. The van der Waals surface area contributed by atoms with Gasteiger partial charge in [0, 0.05) is 30.9 Å². The third-order valence-corrected chi connectivity index (χ3v) is 4.59. The number of halogens is 3. The summed E-state index contributed by atoms with van der Waals surface area (Å²) in [5.41, 5.74) is 0.406. The van der Waals surface area contributed by atoms with Crippen molar-refractivity contribution in [1.82, 2.24) is 4.72 Å². The summed E-state index contributed by atoms with van der Waals surface area (Å²) in [4.78, 5) is 8.96. The Hall–Kier alpha value is -2.66. The van der Waals surface area contributed by atoms with Crippen LogP contribution in [0.1, 0.15) is 0 Å². The third kappa shape index (κ3) is 4.45. The van der Waals surface area contributed by atoms with E-state index >= 15 is 0 Å². The molecule has 2 aromatic rings. The monoisotopic (exact) mass is 375 g/mol. The number of non-ortho nitro benzene ring substituents is 1. The van der Waals surface area contributed by atoms with Crippen LogP contribution < -0.4 is 10.0 Å². The molecule has 25 heavy (non-hydrogen) atoms. The van der Waals surface area contributed by atoms with Gasteiger partial charge in [-0.25, -0.2) is 26.3 Å². The van der Waals surface area contributed by atoms with Crippen LogP contribution in [0, 0.1) is 27.6 Å². The lowest BCUT2D eigenvalue weighted by Crippen LogP contribution is -2.29. The molecular weight excluding hydrogens is 363 g/mol. The lowest BCUT2D eigenvalue weighted by atomic mass is 10.3. The lowest BCUT2D eigenvalue weighted by Gasteiger charge is -2.10. The molecule has 0 saturated carbocycles. The highest BCUT2D eigenvalue weighted by molar-refractivity contribution is 7.89. The minimum Gasteiger partial charge on any atom is -0.384 e. The molecule has 0 radical (unpaired) electrons. The van der Waals surface area contributed by atoms with Gasteiger partial charge in [0.15, 0.2) is 17.5 Å². The van der Waals surface area contributed by atoms with Gasteiger partial charge < -0.3 is 5.32 Å². The maximum absolute atomic E-state index is 13.5. The fraction of sp³-hybridized carbons (Fsp3) is 0.143. The minimum atomic E-state index is -4.36. The van der Waals surface area contributed by atoms with Crippen molar-refractivity contribution in [3.63, 3.8) is 0 Å². The Morgan fingerprint density at radius 1 is 0.960 bits per heavy atom. The van der Waals surface area contributed by atoms with Crippen LogP contribution in [-0.2, 0) is 10.0 Å². The number of nitro benzene ring substituents is 1. The van der Waals surface area contributed by atoms with Crippen LogP contribution in [0.25, 0.3) is 0 Å². The predicted molar refractivity (Wildman–Crippen MR) is 83.1 cm³/mol. The zero-order valence-corrected chi connectivity index (χ0v) is 13.3. The lowest BCUT2D eigenvalue weighted by molar-refractivity contribution is -0.384. The van der Waals surface area contributed by atoms with Gasteiger partial charge in [0.05, 0.1) is 4.92 Å². The molecule has 7 nitrogen and oxygen atoms in total. The molecule has 0 aliphatic rings. The second-order valence-electron chi connectivity index (χ2n) is 4.80. The number of hydrogen-bond donors (Lipinski definition) is 2. The zero-order valence-electron chi connectivity index (χ0n) is 12.5. The number of nitrogens with zero attached hydrogens (tertiary/aromatic N) is 1. The quantitative estimate of drug-likeness (QED) is 0.335. The van der Waals surface area contributed by atoms with Crippen molar-refractivity contribution in [1.29, 1.82) is 0 Å². The number of anilines is 1. The summed E-state index contributed by atoms with van der Waals surface area (Å²) in [6, 6.07) is 6.54. The molecule has 11 heteroatoms. The Morgan fingerprint density at radius 2 is 1.60 bits per heavy atom. The van der Waals surface area contributed by atoms with Crippen molar-refractivity contribution >= 4 is 21.4 Å². The maximum atomic E-state index is 13.5. The summed E-state index contributed by atoms with van der Waals surface area (Å²) < 4.78 is 65.3. The van der Waals surface area contributed by atoms with Crippen LogP contribution in [0.15, 0.2) is 41.3 Å². The smallest absolute Gasteiger partial charge is 0.269 e. The summed E-state index contributed by atoms with van der Waals surface area (Å²) in [6.45, 7) is -0.111. The summed E-state index contributed by atoms with van der Waals surface area (Å²) in [6.07, 6.45) is 0. The van der Waals surface area contributed by atoms with Crippen molar-refractivity contribution in [3.8, 4) is 0 Å². The highest BCUT2D eigenvalue weighted by Crippen LogP contribution is 2.19. The Balaban J connectivity index is 1.94. The van der Waals surface area contributed by atoms with E-state index in [0.29, 0.717) is 17.8 Å². The Kier molecular flexibility index (Phi) is 5.59. The molecular formula is C14H12F3N3O4S. The van der Waals surface area contributed by atoms with E-state index in [9.17, 15) is 31.7 Å². The van der Waals surface area contributed by atoms with Crippen LogP contribution >= 0.6 is 0 Å². The number of rotatable bonds is 7. The average molecular weight is 375 g/mol. The molecule has 0 aliphatic carbocycles. The molecule has 0 aromatic heterocycles. The SMILES string of the molecule is O=[N+]([O-])c1ccc(NCCNS(=O)(=O)c2ccc(F)c(F)c2F)cc1. The molecule has 2 rings (SSSR count). The summed E-state index contributed by atoms with van der Waals surface area (Å²) in [5.74, 6) is -5.15. The van der Waals surface area contributed by atoms with Crippen LogP contribution in [0.4, 0.5) is 24.5 Å². The van der Waals surface area contributed by atoms with Gasteiger partial charge >= 0.3 is 0 Å². The number of hydrogen-bond acceptors (Lipinski definition) is 5. The van der Waals surface area contributed by atoms with Crippen molar-refractivity contribution < 1.29 is 26.5 Å². The molecule has 0 heterocycles. The van der Waals surface area contributed by atoms with Gasteiger partial charge in [0.25, 0.3) is 5.69 Å². The third-order valence-electron chi connectivity index (χ3n) is 3.11. The highest BCUT2D eigenvalue weighted by atomic mass is 32.2.